The highest BCUT2D eigenvalue weighted by molar-refractivity contribution is 6.33. The fourth-order valence-electron chi connectivity index (χ4n) is 3.66. The molecule has 1 unspecified atom stereocenters. The Morgan fingerprint density at radius 3 is 2.42 bits per heavy atom. The topological polar surface area (TPSA) is 80.3 Å². The number of ether oxygens (including phenoxy) is 2. The molecule has 4 aromatic rings. The number of aliphatic hydroxyl groups excluding tert-OH is 1. The second-order valence-corrected chi connectivity index (χ2v) is 7.84. The van der Waals surface area contributed by atoms with E-state index in [1.807, 2.05) is 24.3 Å². The van der Waals surface area contributed by atoms with Crippen molar-refractivity contribution < 1.29 is 19.0 Å². The number of nitrogens with zero attached hydrogens (tertiary/aromatic N) is 2. The van der Waals surface area contributed by atoms with Crippen LogP contribution in [0.2, 0.25) is 5.02 Å². The molecule has 6 nitrogen and oxygen atoms in total. The molecular weight excluding hydrogens is 421 g/mol. The van der Waals surface area contributed by atoms with Crippen LogP contribution in [0.5, 0.6) is 6.01 Å². The van der Waals surface area contributed by atoms with Gasteiger partial charge in [-0.15, -0.1) is 0 Å². The van der Waals surface area contributed by atoms with Crippen molar-refractivity contribution in [3.8, 4) is 28.4 Å². The molecule has 5 rings (SSSR count). The molecule has 31 heavy (non-hydrogen) atoms. The minimum atomic E-state index is -0.263. The number of hydrogen-bond donors (Lipinski definition) is 2. The van der Waals surface area contributed by atoms with Gasteiger partial charge in [-0.05, 0) is 29.3 Å². The summed E-state index contributed by atoms with van der Waals surface area (Å²) in [7, 11) is 0. The van der Waals surface area contributed by atoms with E-state index in [0.717, 1.165) is 16.7 Å². The standard InChI is InChI=1S/C23H19ClFN3O3/c24-19-10-20-22(28-23(26-20)31-18-9-17(11-29)30-12-18)27-21(19)15-3-1-13(2-4-15)14-5-7-16(25)8-6-14/h1-8,10,17-18,29H,9,11-12H2,(H,26,27,28)/t17-,18?/m0/s1. The van der Waals surface area contributed by atoms with Crippen LogP contribution >= 0.6 is 11.6 Å². The maximum Gasteiger partial charge on any atom is 0.296 e. The summed E-state index contributed by atoms with van der Waals surface area (Å²) in [6.07, 6.45) is 0.228. The number of hydrogen-bond acceptors (Lipinski definition) is 5. The maximum atomic E-state index is 13.2. The van der Waals surface area contributed by atoms with Crippen LogP contribution in [-0.4, -0.2) is 45.5 Å². The number of aromatic nitrogens is 3. The minimum Gasteiger partial charge on any atom is -0.459 e. The second kappa shape index (κ2) is 8.26. The second-order valence-electron chi connectivity index (χ2n) is 7.43. The molecule has 1 aliphatic heterocycles. The lowest BCUT2D eigenvalue weighted by Crippen LogP contribution is -2.17. The van der Waals surface area contributed by atoms with Gasteiger partial charge in [-0.2, -0.15) is 4.98 Å². The summed E-state index contributed by atoms with van der Waals surface area (Å²) in [5, 5.41) is 9.67. The maximum absolute atomic E-state index is 13.2. The van der Waals surface area contributed by atoms with Gasteiger partial charge in [-0.25, -0.2) is 9.37 Å². The van der Waals surface area contributed by atoms with Crippen LogP contribution in [0.25, 0.3) is 33.5 Å². The van der Waals surface area contributed by atoms with Crippen LogP contribution < -0.4 is 4.74 Å². The third-order valence-electron chi connectivity index (χ3n) is 5.27. The van der Waals surface area contributed by atoms with Gasteiger partial charge in [0, 0.05) is 12.0 Å². The lowest BCUT2D eigenvalue weighted by molar-refractivity contribution is 0.0528. The summed E-state index contributed by atoms with van der Waals surface area (Å²) in [5.74, 6) is -0.263. The smallest absolute Gasteiger partial charge is 0.296 e. The van der Waals surface area contributed by atoms with Crippen molar-refractivity contribution >= 4 is 22.8 Å². The molecule has 8 heteroatoms. The summed E-state index contributed by atoms with van der Waals surface area (Å²) in [4.78, 5) is 12.1. The summed E-state index contributed by atoms with van der Waals surface area (Å²) in [6.45, 7) is 0.378. The van der Waals surface area contributed by atoms with Crippen molar-refractivity contribution in [1.29, 1.82) is 0 Å². The van der Waals surface area contributed by atoms with Gasteiger partial charge in [0.1, 0.15) is 11.9 Å². The largest absolute Gasteiger partial charge is 0.459 e. The van der Waals surface area contributed by atoms with E-state index in [-0.39, 0.29) is 24.6 Å². The van der Waals surface area contributed by atoms with Crippen molar-refractivity contribution in [2.75, 3.05) is 13.2 Å². The van der Waals surface area contributed by atoms with Crippen LogP contribution in [0, 0.1) is 5.82 Å². The number of imidazole rings is 1. The number of nitrogens with one attached hydrogen (secondary N) is 1. The SMILES string of the molecule is OC[C@@H]1CC(Oc2nc3nc(-c4ccc(-c5ccc(F)cc5)cc4)c(Cl)cc3[nH]2)CO1. The number of rotatable bonds is 5. The monoisotopic (exact) mass is 439 g/mol. The van der Waals surface area contributed by atoms with Gasteiger partial charge in [0.15, 0.2) is 5.65 Å². The van der Waals surface area contributed by atoms with E-state index in [9.17, 15) is 9.50 Å². The fraction of sp³-hybridized carbons (Fsp3) is 0.217. The highest BCUT2D eigenvalue weighted by Gasteiger charge is 2.27. The highest BCUT2D eigenvalue weighted by atomic mass is 35.5. The molecule has 0 aliphatic carbocycles. The third-order valence-corrected chi connectivity index (χ3v) is 5.55. The minimum absolute atomic E-state index is 0.0273. The number of aromatic amines is 1. The van der Waals surface area contributed by atoms with Crippen molar-refractivity contribution in [1.82, 2.24) is 15.0 Å². The Hall–Kier alpha value is -3.00. The molecule has 3 heterocycles. The summed E-state index contributed by atoms with van der Waals surface area (Å²) < 4.78 is 24.4. The Morgan fingerprint density at radius 1 is 1.06 bits per heavy atom. The molecule has 2 N–H and O–H groups in total. The molecule has 0 saturated carbocycles. The fourth-order valence-corrected chi connectivity index (χ4v) is 3.92. The van der Waals surface area contributed by atoms with E-state index < -0.39 is 0 Å². The van der Waals surface area contributed by atoms with Crippen LogP contribution in [0.4, 0.5) is 4.39 Å². The number of halogens is 2. The molecule has 1 fully saturated rings. The zero-order valence-electron chi connectivity index (χ0n) is 16.4. The molecule has 2 aromatic carbocycles. The van der Waals surface area contributed by atoms with Gasteiger partial charge in [0.05, 0.1) is 35.6 Å². The highest BCUT2D eigenvalue weighted by Crippen LogP contribution is 2.31. The number of benzene rings is 2. The molecule has 158 valence electrons. The molecule has 2 aromatic heterocycles. The summed E-state index contributed by atoms with van der Waals surface area (Å²) in [5.41, 5.74) is 4.52. The quantitative estimate of drug-likeness (QED) is 0.474. The lowest BCUT2D eigenvalue weighted by Gasteiger charge is -2.07. The predicted octanol–water partition coefficient (Wildman–Crippen LogP) is 4.61. The van der Waals surface area contributed by atoms with Gasteiger partial charge in [0.2, 0.25) is 0 Å². The Morgan fingerprint density at radius 2 is 1.74 bits per heavy atom. The Kier molecular flexibility index (Phi) is 5.31. The van der Waals surface area contributed by atoms with E-state index in [1.54, 1.807) is 18.2 Å². The van der Waals surface area contributed by atoms with Crippen LogP contribution in [0.1, 0.15) is 6.42 Å². The molecule has 0 bridgehead atoms. The van der Waals surface area contributed by atoms with E-state index in [4.69, 9.17) is 21.1 Å². The first kappa shape index (κ1) is 19.9. The number of H-pyrrole nitrogens is 1. The predicted molar refractivity (Wildman–Crippen MR) is 116 cm³/mol. The summed E-state index contributed by atoms with van der Waals surface area (Å²) >= 11 is 6.49. The van der Waals surface area contributed by atoms with Crippen molar-refractivity contribution in [3.05, 3.63) is 65.4 Å². The van der Waals surface area contributed by atoms with Gasteiger partial charge >= 0.3 is 0 Å². The molecule has 0 amide bonds. The molecular formula is C23H19ClFN3O3. The van der Waals surface area contributed by atoms with E-state index in [2.05, 4.69) is 15.0 Å². The molecule has 0 spiro atoms. The summed E-state index contributed by atoms with van der Waals surface area (Å²) in [6, 6.07) is 16.2. The Labute approximate surface area is 182 Å². The van der Waals surface area contributed by atoms with E-state index in [1.165, 1.54) is 12.1 Å². The first-order chi connectivity index (χ1) is 15.1. The van der Waals surface area contributed by atoms with Gasteiger partial charge < -0.3 is 19.6 Å². The van der Waals surface area contributed by atoms with Crippen LogP contribution in [-0.2, 0) is 4.74 Å². The van der Waals surface area contributed by atoms with Crippen molar-refractivity contribution in [2.24, 2.45) is 0 Å². The Balaban J connectivity index is 1.39. The van der Waals surface area contributed by atoms with E-state index >= 15 is 0 Å². The number of pyridine rings is 1. The van der Waals surface area contributed by atoms with Gasteiger partial charge in [-0.1, -0.05) is 48.0 Å². The van der Waals surface area contributed by atoms with Crippen molar-refractivity contribution in [2.45, 2.75) is 18.6 Å². The van der Waals surface area contributed by atoms with Crippen molar-refractivity contribution in [3.63, 3.8) is 0 Å². The molecule has 2 atom stereocenters. The molecule has 1 saturated heterocycles. The normalized spacial score (nSPS) is 18.5. The zero-order chi connectivity index (χ0) is 21.4. The van der Waals surface area contributed by atoms with Crippen LogP contribution in [0.15, 0.2) is 54.6 Å². The number of aliphatic hydroxyl groups is 1. The number of fused-ring (bicyclic) bond motifs is 1. The first-order valence-electron chi connectivity index (χ1n) is 9.91. The third kappa shape index (κ3) is 4.12. The molecule has 1 aliphatic rings. The first-order valence-corrected chi connectivity index (χ1v) is 10.3. The van der Waals surface area contributed by atoms with Gasteiger partial charge in [-0.3, -0.25) is 0 Å². The lowest BCUT2D eigenvalue weighted by atomic mass is 10.0. The molecule has 0 radical (unpaired) electrons. The average Bonchev–Trinajstić information content (AvgIpc) is 3.40. The Bertz CT molecular complexity index is 1210. The van der Waals surface area contributed by atoms with Crippen LogP contribution in [0.3, 0.4) is 0 Å². The van der Waals surface area contributed by atoms with E-state index in [0.29, 0.717) is 40.9 Å². The van der Waals surface area contributed by atoms with Gasteiger partial charge in [0.25, 0.3) is 6.01 Å². The average molecular weight is 440 g/mol. The zero-order valence-corrected chi connectivity index (χ0v) is 17.1.